The predicted octanol–water partition coefficient (Wildman–Crippen LogP) is 1.28. The summed E-state index contributed by atoms with van der Waals surface area (Å²) in [6.07, 6.45) is 0.989. The second-order valence-electron chi connectivity index (χ2n) is 3.96. The average Bonchev–Trinajstić information content (AvgIpc) is 2.64. The number of aliphatic hydroxyl groups is 1. The molecule has 0 spiro atoms. The number of hydrogen-bond acceptors (Lipinski definition) is 4. The number of rotatable bonds is 4. The number of benzene rings is 1. The second-order valence-corrected chi connectivity index (χ2v) is 4.33. The molecule has 2 rings (SSSR count). The van der Waals surface area contributed by atoms with Crippen LogP contribution in [0.4, 0.5) is 14.5 Å². The molecule has 0 radical (unpaired) electrons. The summed E-state index contributed by atoms with van der Waals surface area (Å²) in [7, 11) is 0. The lowest BCUT2D eigenvalue weighted by Gasteiger charge is -2.13. The summed E-state index contributed by atoms with van der Waals surface area (Å²) in [5, 5.41) is 10.5. The fourth-order valence-electron chi connectivity index (χ4n) is 1.69. The van der Waals surface area contributed by atoms with Crippen molar-refractivity contribution in [2.45, 2.75) is 0 Å². The highest BCUT2D eigenvalue weighted by Crippen LogP contribution is 2.25. The molecule has 20 heavy (non-hydrogen) atoms. The van der Waals surface area contributed by atoms with E-state index in [9.17, 15) is 18.4 Å². The number of carbonyl (C=O) groups is 2. The van der Waals surface area contributed by atoms with Gasteiger partial charge >= 0.3 is 0 Å². The molecule has 2 N–H and O–H groups in total. The lowest BCUT2D eigenvalue weighted by molar-refractivity contribution is -0.137. The van der Waals surface area contributed by atoms with Gasteiger partial charge in [0.1, 0.15) is 22.4 Å². The Labute approximate surface area is 117 Å². The molecule has 0 saturated heterocycles. The highest BCUT2D eigenvalue weighted by Gasteiger charge is 2.30. The summed E-state index contributed by atoms with van der Waals surface area (Å²) in [6.45, 7) is -0.522. The molecule has 1 aromatic carbocycles. The van der Waals surface area contributed by atoms with Crippen molar-refractivity contribution in [3.63, 3.8) is 0 Å². The van der Waals surface area contributed by atoms with Crippen LogP contribution in [-0.2, 0) is 9.59 Å². The van der Waals surface area contributed by atoms with Gasteiger partial charge in [0.05, 0.1) is 13.2 Å². The van der Waals surface area contributed by atoms with E-state index in [1.165, 1.54) is 0 Å². The van der Waals surface area contributed by atoms with Crippen molar-refractivity contribution >= 4 is 29.1 Å². The fourth-order valence-corrected chi connectivity index (χ4v) is 1.80. The van der Waals surface area contributed by atoms with E-state index in [1.807, 2.05) is 0 Å². The summed E-state index contributed by atoms with van der Waals surface area (Å²) in [5.74, 6) is -3.27. The van der Waals surface area contributed by atoms with Crippen molar-refractivity contribution in [3.8, 4) is 0 Å². The topological polar surface area (TPSA) is 69.6 Å². The first-order chi connectivity index (χ1) is 9.43. The molecular formula is C12H9ClF2N2O3. The van der Waals surface area contributed by atoms with Crippen LogP contribution in [0.25, 0.3) is 0 Å². The van der Waals surface area contributed by atoms with Crippen LogP contribution in [0.3, 0.4) is 0 Å². The third-order valence-corrected chi connectivity index (χ3v) is 2.96. The zero-order valence-electron chi connectivity index (χ0n) is 9.99. The van der Waals surface area contributed by atoms with Crippen LogP contribution in [0.2, 0.25) is 5.02 Å². The monoisotopic (exact) mass is 302 g/mol. The summed E-state index contributed by atoms with van der Waals surface area (Å²) < 4.78 is 26.5. The molecule has 0 aliphatic carbocycles. The zero-order chi connectivity index (χ0) is 14.9. The molecule has 1 heterocycles. The lowest BCUT2D eigenvalue weighted by Crippen LogP contribution is -2.34. The largest absolute Gasteiger partial charge is 0.395 e. The fraction of sp³-hybridized carbons (Fsp3) is 0.167. The van der Waals surface area contributed by atoms with Crippen molar-refractivity contribution in [1.29, 1.82) is 0 Å². The minimum absolute atomic E-state index is 0.0531. The van der Waals surface area contributed by atoms with Gasteiger partial charge < -0.3 is 10.4 Å². The van der Waals surface area contributed by atoms with Gasteiger partial charge in [-0.2, -0.15) is 0 Å². The Morgan fingerprint density at radius 2 is 1.85 bits per heavy atom. The molecule has 8 heteroatoms. The molecule has 1 aliphatic rings. The number of amides is 2. The lowest BCUT2D eigenvalue weighted by atomic mass is 10.2. The summed E-state index contributed by atoms with van der Waals surface area (Å²) in [4.78, 5) is 24.1. The van der Waals surface area contributed by atoms with Crippen LogP contribution >= 0.6 is 11.6 Å². The molecule has 0 bridgehead atoms. The maximum atomic E-state index is 13.3. The molecule has 0 atom stereocenters. The Kier molecular flexibility index (Phi) is 4.01. The Hall–Kier alpha value is -1.99. The highest BCUT2D eigenvalue weighted by molar-refractivity contribution is 6.31. The highest BCUT2D eigenvalue weighted by atomic mass is 35.5. The third-order valence-electron chi connectivity index (χ3n) is 2.60. The van der Waals surface area contributed by atoms with Gasteiger partial charge in [0.25, 0.3) is 11.8 Å². The first-order valence-corrected chi connectivity index (χ1v) is 5.91. The number of aliphatic hydroxyl groups excluding tert-OH is 1. The van der Waals surface area contributed by atoms with Gasteiger partial charge in [-0.25, -0.2) is 8.78 Å². The standard InChI is InChI=1S/C12H9ClF2N2O3/c13-11-7(14)3-6(4-8(11)15)16-9-5-10(19)17(1-2-18)12(9)20/h3-5,16,18H,1-2H2. The van der Waals surface area contributed by atoms with E-state index in [1.54, 1.807) is 0 Å². The van der Waals surface area contributed by atoms with Crippen LogP contribution < -0.4 is 5.32 Å². The number of halogens is 3. The first-order valence-electron chi connectivity index (χ1n) is 5.54. The minimum Gasteiger partial charge on any atom is -0.395 e. The van der Waals surface area contributed by atoms with Crippen LogP contribution in [0.15, 0.2) is 23.9 Å². The molecule has 1 aromatic rings. The maximum absolute atomic E-state index is 13.3. The normalized spacial score (nSPS) is 14.8. The Morgan fingerprint density at radius 1 is 1.25 bits per heavy atom. The quantitative estimate of drug-likeness (QED) is 0.649. The SMILES string of the molecule is O=C1C=C(Nc2cc(F)c(Cl)c(F)c2)C(=O)N1CCO. The summed E-state index contributed by atoms with van der Waals surface area (Å²) >= 11 is 5.33. The molecule has 0 saturated carbocycles. The van der Waals surface area contributed by atoms with Crippen molar-refractivity contribution in [1.82, 2.24) is 4.90 Å². The number of carbonyl (C=O) groups excluding carboxylic acids is 2. The number of hydrogen-bond donors (Lipinski definition) is 2. The van der Waals surface area contributed by atoms with E-state index in [4.69, 9.17) is 16.7 Å². The third kappa shape index (κ3) is 2.63. The summed E-state index contributed by atoms with van der Waals surface area (Å²) in [5.41, 5.74) is -0.188. The second kappa shape index (κ2) is 5.56. The van der Waals surface area contributed by atoms with Gasteiger partial charge in [0.2, 0.25) is 0 Å². The van der Waals surface area contributed by atoms with E-state index in [-0.39, 0.29) is 24.5 Å². The number of β-amino-alcohol motifs (C(OH)–C–C–N with tert-alkyl or cyclic N) is 1. The number of imide groups is 1. The van der Waals surface area contributed by atoms with Gasteiger partial charge in [-0.05, 0) is 12.1 Å². The molecule has 2 amide bonds. The van der Waals surface area contributed by atoms with Crippen LogP contribution in [0.1, 0.15) is 0 Å². The molecule has 0 unspecified atom stereocenters. The maximum Gasteiger partial charge on any atom is 0.277 e. The molecule has 0 fully saturated rings. The molecule has 106 valence electrons. The Morgan fingerprint density at radius 3 is 2.40 bits per heavy atom. The molecular weight excluding hydrogens is 294 g/mol. The van der Waals surface area contributed by atoms with Crippen molar-refractivity contribution in [2.24, 2.45) is 0 Å². The van der Waals surface area contributed by atoms with E-state index in [0.717, 1.165) is 23.1 Å². The molecule has 0 aromatic heterocycles. The van der Waals surface area contributed by atoms with Crippen molar-refractivity contribution in [3.05, 3.63) is 40.6 Å². The van der Waals surface area contributed by atoms with Gasteiger partial charge in [-0.15, -0.1) is 0 Å². The van der Waals surface area contributed by atoms with E-state index in [2.05, 4.69) is 5.32 Å². The first kappa shape index (κ1) is 14.4. The van der Waals surface area contributed by atoms with Crippen molar-refractivity contribution < 1.29 is 23.5 Å². The van der Waals surface area contributed by atoms with Crippen LogP contribution in [0.5, 0.6) is 0 Å². The van der Waals surface area contributed by atoms with Gasteiger partial charge in [-0.1, -0.05) is 11.6 Å². The Balaban J connectivity index is 2.21. The molecule has 5 nitrogen and oxygen atoms in total. The van der Waals surface area contributed by atoms with E-state index >= 15 is 0 Å². The van der Waals surface area contributed by atoms with E-state index in [0.29, 0.717) is 0 Å². The Bertz CT molecular complexity index is 596. The van der Waals surface area contributed by atoms with E-state index < -0.39 is 28.5 Å². The smallest absolute Gasteiger partial charge is 0.277 e. The number of nitrogens with zero attached hydrogens (tertiary/aromatic N) is 1. The van der Waals surface area contributed by atoms with Gasteiger partial charge in [0.15, 0.2) is 0 Å². The van der Waals surface area contributed by atoms with Crippen molar-refractivity contribution in [2.75, 3.05) is 18.5 Å². The average molecular weight is 303 g/mol. The summed E-state index contributed by atoms with van der Waals surface area (Å²) in [6, 6.07) is 1.80. The predicted molar refractivity (Wildman–Crippen MR) is 66.9 cm³/mol. The minimum atomic E-state index is -0.987. The van der Waals surface area contributed by atoms with Crippen LogP contribution in [0, 0.1) is 11.6 Å². The number of nitrogens with one attached hydrogen (secondary N) is 1. The number of anilines is 1. The van der Waals surface area contributed by atoms with Gasteiger partial charge in [-0.3, -0.25) is 14.5 Å². The molecule has 1 aliphatic heterocycles. The zero-order valence-corrected chi connectivity index (χ0v) is 10.7. The van der Waals surface area contributed by atoms with Gasteiger partial charge in [0, 0.05) is 11.8 Å². The van der Waals surface area contributed by atoms with Crippen LogP contribution in [-0.4, -0.2) is 35.0 Å².